The molecule has 108 valence electrons. The van der Waals surface area contributed by atoms with Crippen LogP contribution in [0.5, 0.6) is 0 Å². The molecule has 1 aromatic rings. The minimum atomic E-state index is 0.541. The molecule has 0 amide bonds. The van der Waals surface area contributed by atoms with Gasteiger partial charge >= 0.3 is 0 Å². The number of nitrogens with one attached hydrogen (secondary N) is 1. The van der Waals surface area contributed by atoms with Crippen LogP contribution in [0.25, 0.3) is 0 Å². The van der Waals surface area contributed by atoms with Crippen molar-refractivity contribution in [3.8, 4) is 0 Å². The number of hydrogen-bond donors (Lipinski definition) is 1. The van der Waals surface area contributed by atoms with Crippen LogP contribution in [-0.4, -0.2) is 62.9 Å². The zero-order chi connectivity index (χ0) is 13.7. The molecule has 1 N–H and O–H groups in total. The van der Waals surface area contributed by atoms with Gasteiger partial charge in [-0.3, -0.25) is 0 Å². The number of nitrogens with zero attached hydrogens (tertiary/aromatic N) is 3. The fourth-order valence-electron chi connectivity index (χ4n) is 2.32. The Morgan fingerprint density at radius 2 is 2.37 bits per heavy atom. The van der Waals surface area contributed by atoms with E-state index in [9.17, 15) is 0 Å². The molecule has 0 aromatic carbocycles. The van der Waals surface area contributed by atoms with Gasteiger partial charge in [0.15, 0.2) is 5.13 Å². The lowest BCUT2D eigenvalue weighted by molar-refractivity contribution is 0.199. The highest BCUT2D eigenvalue weighted by molar-refractivity contribution is 7.15. The minimum Gasteiger partial charge on any atom is -0.383 e. The van der Waals surface area contributed by atoms with Gasteiger partial charge in [0.2, 0.25) is 0 Å². The van der Waals surface area contributed by atoms with Gasteiger partial charge in [-0.05, 0) is 14.0 Å². The van der Waals surface area contributed by atoms with Crippen LogP contribution in [0.2, 0.25) is 0 Å². The van der Waals surface area contributed by atoms with Crippen molar-refractivity contribution in [1.29, 1.82) is 0 Å². The van der Waals surface area contributed by atoms with Crippen LogP contribution in [0, 0.1) is 0 Å². The molecule has 6 heteroatoms. The van der Waals surface area contributed by atoms with Crippen LogP contribution in [0.4, 0.5) is 5.13 Å². The van der Waals surface area contributed by atoms with Gasteiger partial charge < -0.3 is 19.9 Å². The van der Waals surface area contributed by atoms with Gasteiger partial charge in [-0.25, -0.2) is 4.98 Å². The summed E-state index contributed by atoms with van der Waals surface area (Å²) in [7, 11) is 3.90. The van der Waals surface area contributed by atoms with E-state index in [4.69, 9.17) is 4.74 Å². The summed E-state index contributed by atoms with van der Waals surface area (Å²) in [6.45, 7) is 8.08. The van der Waals surface area contributed by atoms with Gasteiger partial charge in [0.25, 0.3) is 0 Å². The molecule has 5 nitrogen and oxygen atoms in total. The Labute approximate surface area is 119 Å². The topological polar surface area (TPSA) is 40.6 Å². The lowest BCUT2D eigenvalue weighted by atomic mass is 10.2. The van der Waals surface area contributed by atoms with Crippen LogP contribution in [0.1, 0.15) is 11.8 Å². The Kier molecular flexibility index (Phi) is 5.57. The molecule has 1 aromatic heterocycles. The van der Waals surface area contributed by atoms with Crippen molar-refractivity contribution in [2.45, 2.75) is 19.5 Å². The van der Waals surface area contributed by atoms with Gasteiger partial charge in [0.1, 0.15) is 0 Å². The third-order valence-electron chi connectivity index (χ3n) is 3.40. The Balaban J connectivity index is 1.86. The fraction of sp³-hybridized carbons (Fsp3) is 0.769. The highest BCUT2D eigenvalue weighted by Crippen LogP contribution is 2.25. The van der Waals surface area contributed by atoms with E-state index >= 15 is 0 Å². The summed E-state index contributed by atoms with van der Waals surface area (Å²) in [5.41, 5.74) is 0. The number of methoxy groups -OCH3 is 1. The van der Waals surface area contributed by atoms with Crippen molar-refractivity contribution in [2.75, 3.05) is 51.8 Å². The summed E-state index contributed by atoms with van der Waals surface area (Å²) in [4.78, 5) is 10.7. The first-order valence-electron chi connectivity index (χ1n) is 6.80. The van der Waals surface area contributed by atoms with Crippen molar-refractivity contribution in [2.24, 2.45) is 0 Å². The predicted octanol–water partition coefficient (Wildman–Crippen LogP) is 1.02. The molecule has 0 bridgehead atoms. The number of rotatable bonds is 6. The minimum absolute atomic E-state index is 0.541. The summed E-state index contributed by atoms with van der Waals surface area (Å²) in [5.74, 6) is 0. The quantitative estimate of drug-likeness (QED) is 0.790. The molecule has 1 saturated heterocycles. The molecule has 0 radical (unpaired) electrons. The first kappa shape index (κ1) is 14.7. The second-order valence-electron chi connectivity index (χ2n) is 5.08. The van der Waals surface area contributed by atoms with E-state index in [-0.39, 0.29) is 0 Å². The number of anilines is 1. The number of aromatic nitrogens is 1. The smallest absolute Gasteiger partial charge is 0.185 e. The summed E-state index contributed by atoms with van der Waals surface area (Å²) in [5, 5.41) is 4.51. The lowest BCUT2D eigenvalue weighted by Gasteiger charge is -2.38. The van der Waals surface area contributed by atoms with Crippen molar-refractivity contribution in [3.05, 3.63) is 11.1 Å². The average molecular weight is 284 g/mol. The molecule has 0 spiro atoms. The number of hydrogen-bond acceptors (Lipinski definition) is 6. The largest absolute Gasteiger partial charge is 0.383 e. The number of piperazine rings is 1. The lowest BCUT2D eigenvalue weighted by Crippen LogP contribution is -2.50. The highest BCUT2D eigenvalue weighted by Gasteiger charge is 2.23. The molecule has 0 saturated carbocycles. The monoisotopic (exact) mass is 284 g/mol. The zero-order valence-corrected chi connectivity index (χ0v) is 12.9. The maximum atomic E-state index is 5.02. The maximum absolute atomic E-state index is 5.02. The van der Waals surface area contributed by atoms with Gasteiger partial charge in [0.05, 0.1) is 6.61 Å². The molecule has 0 aliphatic carbocycles. The van der Waals surface area contributed by atoms with E-state index in [0.29, 0.717) is 6.04 Å². The summed E-state index contributed by atoms with van der Waals surface area (Å²) >= 11 is 1.80. The molecule has 1 unspecified atom stereocenters. The number of thiazole rings is 1. The van der Waals surface area contributed by atoms with Crippen molar-refractivity contribution in [1.82, 2.24) is 15.2 Å². The third kappa shape index (κ3) is 4.14. The first-order valence-corrected chi connectivity index (χ1v) is 7.62. The van der Waals surface area contributed by atoms with Crippen molar-refractivity contribution in [3.63, 3.8) is 0 Å². The fourth-order valence-corrected chi connectivity index (χ4v) is 3.33. The van der Waals surface area contributed by atoms with E-state index in [1.807, 2.05) is 6.20 Å². The Hall–Kier alpha value is -0.690. The van der Waals surface area contributed by atoms with Gasteiger partial charge in [-0.15, -0.1) is 11.3 Å². The Morgan fingerprint density at radius 3 is 3.11 bits per heavy atom. The molecular weight excluding hydrogens is 260 g/mol. The first-order chi connectivity index (χ1) is 9.20. The van der Waals surface area contributed by atoms with Crippen LogP contribution < -0.4 is 10.2 Å². The standard InChI is InChI=1S/C13H24N4OS/c1-11-10-16(2)5-6-17(11)13-15-9-12(19-13)8-14-4-7-18-3/h9,11,14H,4-8,10H2,1-3H3. The highest BCUT2D eigenvalue weighted by atomic mass is 32.1. The summed E-state index contributed by atoms with van der Waals surface area (Å²) in [6.07, 6.45) is 1.99. The van der Waals surface area contributed by atoms with Crippen molar-refractivity contribution < 1.29 is 4.74 Å². The number of ether oxygens (including phenoxy) is 1. The van der Waals surface area contributed by atoms with Gasteiger partial charge in [-0.1, -0.05) is 0 Å². The zero-order valence-electron chi connectivity index (χ0n) is 12.1. The van der Waals surface area contributed by atoms with E-state index in [1.165, 1.54) is 4.88 Å². The van der Waals surface area contributed by atoms with E-state index in [1.54, 1.807) is 18.4 Å². The molecule has 2 heterocycles. The average Bonchev–Trinajstić information content (AvgIpc) is 2.83. The second-order valence-corrected chi connectivity index (χ2v) is 6.18. The third-order valence-corrected chi connectivity index (χ3v) is 4.43. The van der Waals surface area contributed by atoms with Crippen LogP contribution in [0.15, 0.2) is 6.20 Å². The Morgan fingerprint density at radius 1 is 1.53 bits per heavy atom. The van der Waals surface area contributed by atoms with Crippen LogP contribution >= 0.6 is 11.3 Å². The predicted molar refractivity (Wildman–Crippen MR) is 80.0 cm³/mol. The van der Waals surface area contributed by atoms with Crippen LogP contribution in [-0.2, 0) is 11.3 Å². The molecule has 1 atom stereocenters. The molecule has 2 rings (SSSR count). The molecule has 1 aliphatic rings. The van der Waals surface area contributed by atoms with E-state index < -0.39 is 0 Å². The SMILES string of the molecule is COCCNCc1cnc(N2CCN(C)CC2C)s1. The van der Waals surface area contributed by atoms with Crippen LogP contribution in [0.3, 0.4) is 0 Å². The van der Waals surface area contributed by atoms with E-state index in [2.05, 4.69) is 34.1 Å². The molecule has 19 heavy (non-hydrogen) atoms. The molecule has 1 aliphatic heterocycles. The summed E-state index contributed by atoms with van der Waals surface area (Å²) < 4.78 is 5.02. The summed E-state index contributed by atoms with van der Waals surface area (Å²) in [6, 6.07) is 0.541. The second kappa shape index (κ2) is 7.19. The van der Waals surface area contributed by atoms with Crippen molar-refractivity contribution >= 4 is 16.5 Å². The number of likely N-dealkylation sites (N-methyl/N-ethyl adjacent to an activating group) is 1. The van der Waals surface area contributed by atoms with Gasteiger partial charge in [-0.2, -0.15) is 0 Å². The maximum Gasteiger partial charge on any atom is 0.185 e. The molecule has 1 fully saturated rings. The molecular formula is C13H24N4OS. The normalized spacial score (nSPS) is 21.0. The van der Waals surface area contributed by atoms with Gasteiger partial charge in [0, 0.05) is 56.9 Å². The Bertz CT molecular complexity index is 384. The van der Waals surface area contributed by atoms with E-state index in [0.717, 1.165) is 44.5 Å².